The maximum atomic E-state index is 9.88. The molecule has 0 spiro atoms. The molecule has 0 aromatic rings. The summed E-state index contributed by atoms with van der Waals surface area (Å²) in [6.45, 7) is 5.12. The van der Waals surface area contributed by atoms with Gasteiger partial charge < -0.3 is 9.84 Å². The Balaban J connectivity index is 0. The Morgan fingerprint density at radius 1 is 1.17 bits per heavy atom. The van der Waals surface area contributed by atoms with E-state index >= 15 is 0 Å². The summed E-state index contributed by atoms with van der Waals surface area (Å²) < 4.78 is 4.45. The highest BCUT2D eigenvalue weighted by molar-refractivity contribution is 5.79. The summed E-state index contributed by atoms with van der Waals surface area (Å²) in [5.41, 5.74) is 0. The maximum absolute atomic E-state index is 9.88. The van der Waals surface area contributed by atoms with Gasteiger partial charge in [0.1, 0.15) is 0 Å². The molecule has 4 heteroatoms. The molecule has 0 aliphatic heterocycles. The van der Waals surface area contributed by atoms with E-state index in [-0.39, 0.29) is 0 Å². The first-order chi connectivity index (χ1) is 8.68. The van der Waals surface area contributed by atoms with Crippen molar-refractivity contribution in [1.82, 2.24) is 0 Å². The first kappa shape index (κ1) is 18.8. The van der Waals surface area contributed by atoms with E-state index in [4.69, 9.17) is 5.11 Å². The molecule has 1 N–H and O–H groups in total. The highest BCUT2D eigenvalue weighted by Crippen LogP contribution is 1.93. The lowest BCUT2D eigenvalue weighted by molar-refractivity contribution is -0.131. The summed E-state index contributed by atoms with van der Waals surface area (Å²) in [6.07, 6.45) is 11.9. The number of hydrogen-bond acceptors (Lipinski definition) is 3. The smallest absolute Gasteiger partial charge is 0.327 e. The van der Waals surface area contributed by atoms with Crippen molar-refractivity contribution in [2.24, 2.45) is 0 Å². The first-order valence-corrected chi connectivity index (χ1v) is 6.28. The van der Waals surface area contributed by atoms with Crippen molar-refractivity contribution >= 4 is 12.4 Å². The van der Waals surface area contributed by atoms with Crippen molar-refractivity contribution in [3.63, 3.8) is 0 Å². The van der Waals surface area contributed by atoms with Gasteiger partial charge in [0, 0.05) is 6.08 Å². The number of carboxylic acids is 1. The van der Waals surface area contributed by atoms with E-state index in [9.17, 15) is 9.59 Å². The van der Waals surface area contributed by atoms with Crippen LogP contribution in [0.25, 0.3) is 0 Å². The summed E-state index contributed by atoms with van der Waals surface area (Å²) in [5, 5.41) is 8.13. The van der Waals surface area contributed by atoms with Crippen LogP contribution >= 0.6 is 0 Å². The zero-order valence-electron chi connectivity index (χ0n) is 11.3. The van der Waals surface area contributed by atoms with Crippen molar-refractivity contribution < 1.29 is 19.4 Å². The van der Waals surface area contributed by atoms with Crippen molar-refractivity contribution in [3.8, 4) is 0 Å². The topological polar surface area (TPSA) is 63.6 Å². The molecule has 0 aromatic heterocycles. The molecule has 18 heavy (non-hydrogen) atoms. The highest BCUT2D eigenvalue weighted by Gasteiger charge is 1.83. The molecule has 0 aromatic carbocycles. The van der Waals surface area contributed by atoms with Crippen LogP contribution in [0, 0.1) is 0 Å². The van der Waals surface area contributed by atoms with Crippen LogP contribution in [0.2, 0.25) is 0 Å². The van der Waals surface area contributed by atoms with Crippen molar-refractivity contribution in [3.05, 3.63) is 24.3 Å². The van der Waals surface area contributed by atoms with Crippen LogP contribution < -0.4 is 0 Å². The van der Waals surface area contributed by atoms with E-state index in [2.05, 4.69) is 18.6 Å². The van der Waals surface area contributed by atoms with Crippen LogP contribution in [0.15, 0.2) is 24.3 Å². The lowest BCUT2D eigenvalue weighted by atomic mass is 10.2. The second kappa shape index (κ2) is 17.8. The third kappa shape index (κ3) is 23.9. The van der Waals surface area contributed by atoms with Crippen molar-refractivity contribution in [2.45, 2.75) is 46.0 Å². The summed E-state index contributed by atoms with van der Waals surface area (Å²) in [5.74, 6) is -0.855. The third-order valence-corrected chi connectivity index (χ3v) is 1.86. The van der Waals surface area contributed by atoms with Gasteiger partial charge in [0.25, 0.3) is 6.47 Å². The zero-order chi connectivity index (χ0) is 14.1. The average molecular weight is 256 g/mol. The largest absolute Gasteiger partial charge is 0.478 e. The Hall–Kier alpha value is -1.58. The standard InChI is InChI=1S/2C7H12O2/c1-2-3-4-5-6-9-7-8;1-2-3-4-5-6-7(8)9/h3-4,7H,2,5-6H2,1H3;5-6H,2-4H2,1H3,(H,8,9)/b4-3-;. The molecule has 0 unspecified atom stereocenters. The van der Waals surface area contributed by atoms with Crippen LogP contribution in [0.1, 0.15) is 46.0 Å². The van der Waals surface area contributed by atoms with Gasteiger partial charge in [-0.1, -0.05) is 44.9 Å². The minimum absolute atomic E-state index is 0.472. The Kier molecular flexibility index (Phi) is 18.6. The molecule has 0 atom stereocenters. The van der Waals surface area contributed by atoms with Gasteiger partial charge in [-0.05, 0) is 19.3 Å². The van der Waals surface area contributed by atoms with E-state index in [1.807, 2.05) is 12.2 Å². The van der Waals surface area contributed by atoms with Gasteiger partial charge in [-0.2, -0.15) is 0 Å². The number of carbonyl (C=O) groups excluding carboxylic acids is 1. The Labute approximate surface area is 109 Å². The molecule has 0 amide bonds. The molecular formula is C14H24O4. The van der Waals surface area contributed by atoms with E-state index in [0.717, 1.165) is 32.1 Å². The molecule has 0 radical (unpaired) electrons. The Morgan fingerprint density at radius 3 is 2.39 bits per heavy atom. The maximum Gasteiger partial charge on any atom is 0.327 e. The van der Waals surface area contributed by atoms with Gasteiger partial charge in [-0.15, -0.1) is 0 Å². The molecule has 0 saturated carbocycles. The second-order valence-electron chi connectivity index (χ2n) is 3.52. The van der Waals surface area contributed by atoms with E-state index in [1.165, 1.54) is 6.08 Å². The summed E-state index contributed by atoms with van der Waals surface area (Å²) in [6, 6.07) is 0. The Bertz CT molecular complexity index is 244. The number of carbonyl (C=O) groups is 2. The SMILES string of the molecule is CC/C=C\CCOC=O.CCCCC=CC(=O)O. The number of unbranched alkanes of at least 4 members (excludes halogenated alkanes) is 2. The molecular weight excluding hydrogens is 232 g/mol. The van der Waals surface area contributed by atoms with Crippen LogP contribution in [-0.2, 0) is 14.3 Å². The average Bonchev–Trinajstić information content (AvgIpc) is 2.35. The van der Waals surface area contributed by atoms with Gasteiger partial charge >= 0.3 is 5.97 Å². The van der Waals surface area contributed by atoms with E-state index in [1.54, 1.807) is 6.08 Å². The first-order valence-electron chi connectivity index (χ1n) is 6.28. The van der Waals surface area contributed by atoms with Crippen LogP contribution in [0.5, 0.6) is 0 Å². The molecule has 0 aliphatic carbocycles. The number of aliphatic carboxylic acids is 1. The number of ether oxygens (including phenoxy) is 1. The van der Waals surface area contributed by atoms with Crippen LogP contribution in [0.3, 0.4) is 0 Å². The lowest BCUT2D eigenvalue weighted by Gasteiger charge is -1.89. The predicted molar refractivity (Wildman–Crippen MR) is 72.4 cm³/mol. The number of carboxylic acid groups (broad SMARTS) is 1. The number of allylic oxidation sites excluding steroid dienone is 2. The minimum atomic E-state index is -0.855. The molecule has 0 saturated heterocycles. The van der Waals surface area contributed by atoms with Crippen LogP contribution in [0.4, 0.5) is 0 Å². The summed E-state index contributed by atoms with van der Waals surface area (Å²) in [7, 11) is 0. The second-order valence-corrected chi connectivity index (χ2v) is 3.52. The quantitative estimate of drug-likeness (QED) is 0.297. The summed E-state index contributed by atoms with van der Waals surface area (Å²) in [4.78, 5) is 19.5. The predicted octanol–water partition coefficient (Wildman–Crippen LogP) is 3.33. The van der Waals surface area contributed by atoms with Gasteiger partial charge in [0.05, 0.1) is 6.61 Å². The molecule has 104 valence electrons. The van der Waals surface area contributed by atoms with Gasteiger partial charge in [0.15, 0.2) is 0 Å². The molecule has 0 bridgehead atoms. The van der Waals surface area contributed by atoms with E-state index < -0.39 is 5.97 Å². The fraction of sp³-hybridized carbons (Fsp3) is 0.571. The zero-order valence-corrected chi connectivity index (χ0v) is 11.3. The lowest BCUT2D eigenvalue weighted by Crippen LogP contribution is -1.87. The monoisotopic (exact) mass is 256 g/mol. The van der Waals surface area contributed by atoms with Gasteiger partial charge in [0.2, 0.25) is 0 Å². The Morgan fingerprint density at radius 2 is 1.89 bits per heavy atom. The van der Waals surface area contributed by atoms with Gasteiger partial charge in [-0.25, -0.2) is 4.79 Å². The third-order valence-electron chi connectivity index (χ3n) is 1.86. The molecule has 0 heterocycles. The van der Waals surface area contributed by atoms with Crippen LogP contribution in [-0.4, -0.2) is 24.2 Å². The normalized spacial score (nSPS) is 10.1. The van der Waals surface area contributed by atoms with Gasteiger partial charge in [-0.3, -0.25) is 4.79 Å². The minimum Gasteiger partial charge on any atom is -0.478 e. The van der Waals surface area contributed by atoms with Crippen molar-refractivity contribution in [1.29, 1.82) is 0 Å². The number of rotatable bonds is 9. The fourth-order valence-electron chi connectivity index (χ4n) is 0.975. The molecule has 0 aliphatic rings. The fourth-order valence-corrected chi connectivity index (χ4v) is 0.975. The summed E-state index contributed by atoms with van der Waals surface area (Å²) >= 11 is 0. The molecule has 0 fully saturated rings. The van der Waals surface area contributed by atoms with Crippen molar-refractivity contribution in [2.75, 3.05) is 6.61 Å². The number of hydrogen-bond donors (Lipinski definition) is 1. The van der Waals surface area contributed by atoms with E-state index in [0.29, 0.717) is 13.1 Å². The highest BCUT2D eigenvalue weighted by atomic mass is 16.5. The molecule has 0 rings (SSSR count). The molecule has 4 nitrogen and oxygen atoms in total.